The van der Waals surface area contributed by atoms with Crippen LogP contribution in [0.25, 0.3) is 0 Å². The van der Waals surface area contributed by atoms with Crippen LogP contribution in [0.2, 0.25) is 15.1 Å². The molecule has 1 saturated heterocycles. The number of rotatable bonds is 6. The quantitative estimate of drug-likeness (QED) is 0.392. The number of hydrogen-bond acceptors (Lipinski definition) is 5. The fourth-order valence-corrected chi connectivity index (χ4v) is 3.63. The van der Waals surface area contributed by atoms with Crippen molar-refractivity contribution in [2.45, 2.75) is 6.10 Å². The average molecular weight is 455 g/mol. The van der Waals surface area contributed by atoms with Gasteiger partial charge in [0.15, 0.2) is 0 Å². The molecule has 1 aliphatic heterocycles. The van der Waals surface area contributed by atoms with E-state index in [-0.39, 0.29) is 27.9 Å². The van der Waals surface area contributed by atoms with Crippen molar-refractivity contribution in [2.24, 2.45) is 10.7 Å². The number of aromatic nitrogens is 1. The molecule has 3 rings (SSSR count). The number of amidine groups is 1. The van der Waals surface area contributed by atoms with Gasteiger partial charge in [-0.2, -0.15) is 0 Å². The summed E-state index contributed by atoms with van der Waals surface area (Å²) in [6.07, 6.45) is 2.71. The minimum atomic E-state index is -0.155. The Morgan fingerprint density at radius 3 is 2.59 bits per heavy atom. The van der Waals surface area contributed by atoms with Crippen molar-refractivity contribution in [3.8, 4) is 5.88 Å². The zero-order valence-corrected chi connectivity index (χ0v) is 17.7. The molecule has 0 unspecified atom stereocenters. The van der Waals surface area contributed by atoms with Crippen molar-refractivity contribution in [3.63, 3.8) is 0 Å². The fourth-order valence-electron chi connectivity index (χ4n) is 2.73. The topological polar surface area (TPSA) is 92.8 Å². The highest BCUT2D eigenvalue weighted by molar-refractivity contribution is 6.41. The van der Waals surface area contributed by atoms with Crippen molar-refractivity contribution in [1.29, 1.82) is 0 Å². The molecule has 10 heteroatoms. The summed E-state index contributed by atoms with van der Waals surface area (Å²) in [7, 11) is 1.74. The van der Waals surface area contributed by atoms with Gasteiger partial charge < -0.3 is 20.7 Å². The van der Waals surface area contributed by atoms with E-state index in [2.05, 4.69) is 21.9 Å². The first kappa shape index (κ1) is 21.2. The van der Waals surface area contributed by atoms with Gasteiger partial charge in [0.05, 0.1) is 35.0 Å². The Morgan fingerprint density at radius 2 is 2.00 bits per heavy atom. The number of pyridine rings is 1. The van der Waals surface area contributed by atoms with E-state index in [0.717, 1.165) is 0 Å². The summed E-state index contributed by atoms with van der Waals surface area (Å²) in [5, 5.41) is 3.97. The minimum absolute atomic E-state index is 0.128. The molecule has 1 aromatic carbocycles. The fraction of sp³-hybridized carbons (Fsp3) is 0.211. The van der Waals surface area contributed by atoms with Gasteiger partial charge in [0.1, 0.15) is 17.6 Å². The highest BCUT2D eigenvalue weighted by Gasteiger charge is 2.31. The minimum Gasteiger partial charge on any atom is -0.471 e. The summed E-state index contributed by atoms with van der Waals surface area (Å²) in [4.78, 5) is 21.8. The number of benzene rings is 1. The number of amides is 1. The van der Waals surface area contributed by atoms with E-state index in [0.29, 0.717) is 40.9 Å². The van der Waals surface area contributed by atoms with E-state index >= 15 is 0 Å². The van der Waals surface area contributed by atoms with Crippen molar-refractivity contribution in [3.05, 3.63) is 57.7 Å². The number of likely N-dealkylation sites (tertiary alicyclic amines) is 1. The van der Waals surface area contributed by atoms with Gasteiger partial charge in [-0.1, -0.05) is 41.4 Å². The summed E-state index contributed by atoms with van der Waals surface area (Å²) < 4.78 is 5.83. The first-order valence-electron chi connectivity index (χ1n) is 8.57. The lowest BCUT2D eigenvalue weighted by Crippen LogP contribution is -2.55. The van der Waals surface area contributed by atoms with E-state index in [1.54, 1.807) is 24.2 Å². The SMILES string of the molecule is C=CC(=O)N1CC(Oc2cc(C(N)=Nc3c(Cl)cc(Cl)cc3Cl)c(NC)cn2)C1. The Balaban J connectivity index is 1.84. The predicted molar refractivity (Wildman–Crippen MR) is 117 cm³/mol. The monoisotopic (exact) mass is 453 g/mol. The van der Waals surface area contributed by atoms with Gasteiger partial charge >= 0.3 is 0 Å². The van der Waals surface area contributed by atoms with Crippen LogP contribution >= 0.6 is 34.8 Å². The molecule has 29 heavy (non-hydrogen) atoms. The van der Waals surface area contributed by atoms with Crippen LogP contribution in [0, 0.1) is 0 Å². The molecular formula is C19H18Cl3N5O2. The number of hydrogen-bond donors (Lipinski definition) is 2. The Hall–Kier alpha value is -2.48. The van der Waals surface area contributed by atoms with Crippen LogP contribution in [0.5, 0.6) is 5.88 Å². The lowest BCUT2D eigenvalue weighted by Gasteiger charge is -2.38. The standard InChI is InChI=1S/C19H18Cl3N5O2/c1-3-17(28)27-8-11(9-27)29-16-6-12(15(24-2)7-25-16)19(23)26-18-13(21)4-10(20)5-14(18)22/h3-7,11,24H,1,8-9H2,2H3,(H2,23,26). The van der Waals surface area contributed by atoms with E-state index in [4.69, 9.17) is 45.3 Å². The maximum absolute atomic E-state index is 11.5. The van der Waals surface area contributed by atoms with Gasteiger partial charge in [-0.3, -0.25) is 4.79 Å². The van der Waals surface area contributed by atoms with Gasteiger partial charge in [-0.25, -0.2) is 9.98 Å². The van der Waals surface area contributed by atoms with E-state index < -0.39 is 0 Å². The second-order valence-electron chi connectivity index (χ2n) is 6.22. The van der Waals surface area contributed by atoms with Crippen molar-refractivity contribution < 1.29 is 9.53 Å². The van der Waals surface area contributed by atoms with Gasteiger partial charge in [0, 0.05) is 23.7 Å². The number of ether oxygens (including phenoxy) is 1. The van der Waals surface area contributed by atoms with E-state index in [1.807, 2.05) is 0 Å². The van der Waals surface area contributed by atoms with Crippen LogP contribution in [0.4, 0.5) is 11.4 Å². The molecule has 1 fully saturated rings. The molecule has 2 heterocycles. The molecule has 7 nitrogen and oxygen atoms in total. The number of halogens is 3. The first-order valence-corrected chi connectivity index (χ1v) is 9.70. The third-order valence-corrected chi connectivity index (χ3v) is 5.05. The second kappa shape index (κ2) is 8.90. The molecule has 0 saturated carbocycles. The summed E-state index contributed by atoms with van der Waals surface area (Å²) in [5.41, 5.74) is 7.75. The molecule has 1 aromatic heterocycles. The smallest absolute Gasteiger partial charge is 0.246 e. The number of nitrogens with zero attached hydrogens (tertiary/aromatic N) is 3. The highest BCUT2D eigenvalue weighted by atomic mass is 35.5. The van der Waals surface area contributed by atoms with Gasteiger partial charge in [0.25, 0.3) is 0 Å². The number of nitrogens with two attached hydrogens (primary N) is 1. The zero-order chi connectivity index (χ0) is 21.1. The number of anilines is 1. The van der Waals surface area contributed by atoms with Crippen LogP contribution in [0.3, 0.4) is 0 Å². The van der Waals surface area contributed by atoms with Crippen molar-refractivity contribution in [2.75, 3.05) is 25.5 Å². The number of carbonyl (C=O) groups is 1. The Labute approximate surface area is 183 Å². The van der Waals surface area contributed by atoms with Crippen molar-refractivity contribution in [1.82, 2.24) is 9.88 Å². The molecular weight excluding hydrogens is 437 g/mol. The third-order valence-electron chi connectivity index (χ3n) is 4.26. The normalized spacial score (nSPS) is 14.3. The maximum Gasteiger partial charge on any atom is 0.246 e. The summed E-state index contributed by atoms with van der Waals surface area (Å²) in [6.45, 7) is 4.40. The summed E-state index contributed by atoms with van der Waals surface area (Å²) in [5.74, 6) is 0.406. The molecule has 152 valence electrons. The predicted octanol–water partition coefficient (Wildman–Crippen LogP) is 3.90. The molecule has 0 aliphatic carbocycles. The van der Waals surface area contributed by atoms with Crippen LogP contribution in [0.15, 0.2) is 42.0 Å². The molecule has 2 aromatic rings. The Morgan fingerprint density at radius 1 is 1.34 bits per heavy atom. The first-order chi connectivity index (χ1) is 13.8. The van der Waals surface area contributed by atoms with E-state index in [9.17, 15) is 4.79 Å². The second-order valence-corrected chi connectivity index (χ2v) is 7.47. The van der Waals surface area contributed by atoms with E-state index in [1.165, 1.54) is 18.2 Å². The number of aliphatic imine (C=N–C) groups is 1. The summed E-state index contributed by atoms with van der Waals surface area (Å²) >= 11 is 18.3. The molecule has 0 atom stereocenters. The van der Waals surface area contributed by atoms with Gasteiger partial charge in [0.2, 0.25) is 11.8 Å². The average Bonchev–Trinajstić information content (AvgIpc) is 2.66. The van der Waals surface area contributed by atoms with Gasteiger partial charge in [-0.05, 0) is 18.2 Å². The Bertz CT molecular complexity index is 967. The number of carbonyl (C=O) groups excluding carboxylic acids is 1. The Kier molecular flexibility index (Phi) is 6.52. The lowest BCUT2D eigenvalue weighted by atomic mass is 10.1. The molecule has 0 radical (unpaired) electrons. The zero-order valence-electron chi connectivity index (χ0n) is 15.5. The lowest BCUT2D eigenvalue weighted by molar-refractivity contribution is -0.134. The largest absolute Gasteiger partial charge is 0.471 e. The van der Waals surface area contributed by atoms with Crippen LogP contribution < -0.4 is 15.8 Å². The van der Waals surface area contributed by atoms with Crippen LogP contribution in [-0.4, -0.2) is 47.9 Å². The molecule has 0 spiro atoms. The molecule has 1 aliphatic rings. The highest BCUT2D eigenvalue weighted by Crippen LogP contribution is 2.36. The third kappa shape index (κ3) is 4.75. The maximum atomic E-state index is 11.5. The molecule has 3 N–H and O–H groups in total. The van der Waals surface area contributed by atoms with Gasteiger partial charge in [-0.15, -0.1) is 0 Å². The van der Waals surface area contributed by atoms with Crippen LogP contribution in [0.1, 0.15) is 5.56 Å². The van der Waals surface area contributed by atoms with Crippen molar-refractivity contribution >= 4 is 57.9 Å². The summed E-state index contributed by atoms with van der Waals surface area (Å²) in [6, 6.07) is 4.74. The molecule has 1 amide bonds. The van der Waals surface area contributed by atoms with Crippen LogP contribution in [-0.2, 0) is 4.79 Å². The number of nitrogens with one attached hydrogen (secondary N) is 1. The molecule has 0 bridgehead atoms.